The number of aliphatic hydroxyl groups excluding tert-OH is 1. The number of nitrogens with zero attached hydrogens (tertiary/aromatic N) is 4. The highest BCUT2D eigenvalue weighted by Crippen LogP contribution is 2.22. The van der Waals surface area contributed by atoms with Crippen molar-refractivity contribution < 1.29 is 9.90 Å². The number of hydrogen-bond acceptors (Lipinski definition) is 5. The van der Waals surface area contributed by atoms with Crippen LogP contribution in [-0.2, 0) is 6.42 Å². The van der Waals surface area contributed by atoms with Gasteiger partial charge < -0.3 is 10.8 Å². The molecule has 1 atom stereocenters. The number of benzene rings is 1. The summed E-state index contributed by atoms with van der Waals surface area (Å²) in [7, 11) is 0. The van der Waals surface area contributed by atoms with E-state index in [0.29, 0.717) is 11.3 Å². The van der Waals surface area contributed by atoms with Crippen molar-refractivity contribution in [3.05, 3.63) is 35.2 Å². The number of carbonyl (C=O) groups is 1. The van der Waals surface area contributed by atoms with Crippen molar-refractivity contribution in [3.63, 3.8) is 0 Å². The predicted molar refractivity (Wildman–Crippen MR) is 77.2 cm³/mol. The lowest BCUT2D eigenvalue weighted by Crippen LogP contribution is -2.17. The summed E-state index contributed by atoms with van der Waals surface area (Å²) >= 11 is 0. The van der Waals surface area contributed by atoms with Gasteiger partial charge in [0.2, 0.25) is 5.91 Å². The minimum Gasteiger partial charge on any atom is -0.396 e. The van der Waals surface area contributed by atoms with Crippen molar-refractivity contribution in [1.82, 2.24) is 20.2 Å². The molecule has 0 aliphatic heterocycles. The largest absolute Gasteiger partial charge is 0.396 e. The Bertz CT molecular complexity index is 638. The van der Waals surface area contributed by atoms with Gasteiger partial charge in [-0.15, -0.1) is 5.10 Å². The van der Waals surface area contributed by atoms with Gasteiger partial charge in [0.25, 0.3) is 0 Å². The Hall–Kier alpha value is -2.28. The molecule has 7 nitrogen and oxygen atoms in total. The SMILES string of the molecule is CCCc1nnnn1-c1ccc([C@H](C)CO)c(C(N)=O)c1. The molecule has 0 aliphatic rings. The summed E-state index contributed by atoms with van der Waals surface area (Å²) in [6, 6.07) is 5.27. The van der Waals surface area contributed by atoms with Gasteiger partial charge >= 0.3 is 0 Å². The second-order valence-corrected chi connectivity index (χ2v) is 4.98. The second kappa shape index (κ2) is 6.45. The van der Waals surface area contributed by atoms with Crippen LogP contribution in [0.25, 0.3) is 5.69 Å². The summed E-state index contributed by atoms with van der Waals surface area (Å²) < 4.78 is 1.60. The van der Waals surface area contributed by atoms with Crippen LogP contribution in [0.15, 0.2) is 18.2 Å². The molecular weight excluding hydrogens is 270 g/mol. The summed E-state index contributed by atoms with van der Waals surface area (Å²) in [5.41, 5.74) is 7.23. The lowest BCUT2D eigenvalue weighted by molar-refractivity contribution is 0.0998. The summed E-state index contributed by atoms with van der Waals surface area (Å²) in [6.45, 7) is 3.83. The Balaban J connectivity index is 2.49. The van der Waals surface area contributed by atoms with Gasteiger partial charge in [0.1, 0.15) is 0 Å². The number of tetrazole rings is 1. The first-order chi connectivity index (χ1) is 10.1. The van der Waals surface area contributed by atoms with E-state index in [0.717, 1.165) is 24.2 Å². The van der Waals surface area contributed by atoms with E-state index < -0.39 is 5.91 Å². The van der Waals surface area contributed by atoms with Crippen LogP contribution in [0.2, 0.25) is 0 Å². The molecule has 3 N–H and O–H groups in total. The first-order valence-electron chi connectivity index (χ1n) is 6.90. The van der Waals surface area contributed by atoms with Crippen molar-refractivity contribution >= 4 is 5.91 Å². The highest BCUT2D eigenvalue weighted by molar-refractivity contribution is 5.95. The lowest BCUT2D eigenvalue weighted by atomic mass is 9.95. The first kappa shape index (κ1) is 15.1. The van der Waals surface area contributed by atoms with Crippen LogP contribution in [0.3, 0.4) is 0 Å². The Labute approximate surface area is 122 Å². The maximum atomic E-state index is 11.7. The monoisotopic (exact) mass is 289 g/mol. The molecule has 21 heavy (non-hydrogen) atoms. The van der Waals surface area contributed by atoms with E-state index in [2.05, 4.69) is 15.5 Å². The third-order valence-corrected chi connectivity index (χ3v) is 3.36. The maximum absolute atomic E-state index is 11.7. The Morgan fingerprint density at radius 2 is 2.24 bits per heavy atom. The van der Waals surface area contributed by atoms with Crippen molar-refractivity contribution in [2.24, 2.45) is 5.73 Å². The van der Waals surface area contributed by atoms with Crippen LogP contribution in [0.5, 0.6) is 0 Å². The van der Waals surface area contributed by atoms with Crippen LogP contribution in [0.4, 0.5) is 0 Å². The van der Waals surface area contributed by atoms with Gasteiger partial charge in [-0.2, -0.15) is 4.68 Å². The molecule has 0 saturated carbocycles. The Morgan fingerprint density at radius 3 is 2.86 bits per heavy atom. The van der Waals surface area contributed by atoms with Crippen molar-refractivity contribution in [2.75, 3.05) is 6.61 Å². The maximum Gasteiger partial charge on any atom is 0.249 e. The molecule has 0 unspecified atom stereocenters. The van der Waals surface area contributed by atoms with E-state index in [9.17, 15) is 9.90 Å². The third-order valence-electron chi connectivity index (χ3n) is 3.36. The molecule has 2 aromatic rings. The van der Waals surface area contributed by atoms with Crippen LogP contribution in [-0.4, -0.2) is 37.8 Å². The average Bonchev–Trinajstić information content (AvgIpc) is 2.94. The number of nitrogens with two attached hydrogens (primary N) is 1. The molecule has 1 aromatic carbocycles. The van der Waals surface area contributed by atoms with Crippen LogP contribution >= 0.6 is 0 Å². The zero-order valence-corrected chi connectivity index (χ0v) is 12.2. The summed E-state index contributed by atoms with van der Waals surface area (Å²) in [5, 5.41) is 20.9. The molecule has 0 aliphatic carbocycles. The smallest absolute Gasteiger partial charge is 0.249 e. The summed E-state index contributed by atoms with van der Waals surface area (Å²) in [4.78, 5) is 11.7. The van der Waals surface area contributed by atoms with Gasteiger partial charge in [-0.1, -0.05) is 19.9 Å². The molecule has 7 heteroatoms. The van der Waals surface area contributed by atoms with E-state index in [1.165, 1.54) is 0 Å². The normalized spacial score (nSPS) is 12.3. The van der Waals surface area contributed by atoms with E-state index >= 15 is 0 Å². The number of rotatable bonds is 6. The minimum absolute atomic E-state index is 0.0500. The molecule has 2 rings (SSSR count). The number of aryl methyl sites for hydroxylation is 1. The Morgan fingerprint density at radius 1 is 1.48 bits per heavy atom. The highest BCUT2D eigenvalue weighted by Gasteiger charge is 2.16. The van der Waals surface area contributed by atoms with E-state index in [4.69, 9.17) is 5.73 Å². The average molecular weight is 289 g/mol. The van der Waals surface area contributed by atoms with Gasteiger partial charge in [-0.25, -0.2) is 0 Å². The highest BCUT2D eigenvalue weighted by atomic mass is 16.3. The lowest BCUT2D eigenvalue weighted by Gasteiger charge is -2.14. The molecule has 0 bridgehead atoms. The topological polar surface area (TPSA) is 107 Å². The number of aliphatic hydroxyl groups is 1. The van der Waals surface area contributed by atoms with E-state index in [1.54, 1.807) is 16.8 Å². The van der Waals surface area contributed by atoms with Gasteiger partial charge in [0, 0.05) is 24.5 Å². The minimum atomic E-state index is -0.530. The molecular formula is C14H19N5O2. The van der Waals surface area contributed by atoms with Crippen molar-refractivity contribution in [1.29, 1.82) is 0 Å². The standard InChI is InChI=1S/C14H19N5O2/c1-3-4-13-16-17-18-19(13)10-5-6-11(9(2)8-20)12(7-10)14(15)21/h5-7,9,20H,3-4,8H2,1-2H3,(H2,15,21)/t9-/m1/s1. The summed E-state index contributed by atoms with van der Waals surface area (Å²) in [5.74, 6) is 0.0404. The van der Waals surface area contributed by atoms with E-state index in [1.807, 2.05) is 19.9 Å². The number of carbonyl (C=O) groups excluding carboxylic acids is 1. The van der Waals surface area contributed by atoms with Gasteiger partial charge in [0.05, 0.1) is 5.69 Å². The molecule has 1 amide bonds. The molecule has 0 radical (unpaired) electrons. The molecule has 0 fully saturated rings. The van der Waals surface area contributed by atoms with Gasteiger partial charge in [-0.3, -0.25) is 4.79 Å². The van der Waals surface area contributed by atoms with Crippen LogP contribution < -0.4 is 5.73 Å². The number of primary amides is 1. The number of hydrogen-bond donors (Lipinski definition) is 2. The Kier molecular flexibility index (Phi) is 4.64. The van der Waals surface area contributed by atoms with Crippen LogP contribution in [0.1, 0.15) is 47.9 Å². The zero-order valence-electron chi connectivity index (χ0n) is 12.2. The molecule has 1 heterocycles. The molecule has 112 valence electrons. The van der Waals surface area contributed by atoms with Gasteiger partial charge in [-0.05, 0) is 34.5 Å². The molecule has 0 saturated heterocycles. The molecule has 0 spiro atoms. The quantitative estimate of drug-likeness (QED) is 0.818. The fraction of sp³-hybridized carbons (Fsp3) is 0.429. The number of aromatic nitrogens is 4. The predicted octanol–water partition coefficient (Wildman–Crippen LogP) is 0.810. The van der Waals surface area contributed by atoms with E-state index in [-0.39, 0.29) is 12.5 Å². The fourth-order valence-corrected chi connectivity index (χ4v) is 2.20. The van der Waals surface area contributed by atoms with Crippen LogP contribution in [0, 0.1) is 0 Å². The third kappa shape index (κ3) is 3.08. The van der Waals surface area contributed by atoms with Crippen molar-refractivity contribution in [3.8, 4) is 5.69 Å². The zero-order chi connectivity index (χ0) is 15.4. The summed E-state index contributed by atoms with van der Waals surface area (Å²) in [6.07, 6.45) is 1.66. The molecule has 1 aromatic heterocycles. The first-order valence-corrected chi connectivity index (χ1v) is 6.90. The number of amides is 1. The fourth-order valence-electron chi connectivity index (χ4n) is 2.20. The second-order valence-electron chi connectivity index (χ2n) is 4.98. The van der Waals surface area contributed by atoms with Gasteiger partial charge in [0.15, 0.2) is 5.82 Å². The van der Waals surface area contributed by atoms with Crippen molar-refractivity contribution in [2.45, 2.75) is 32.6 Å².